The van der Waals surface area contributed by atoms with Gasteiger partial charge < -0.3 is 20.2 Å². The van der Waals surface area contributed by atoms with E-state index >= 15 is 0 Å². The van der Waals surface area contributed by atoms with Crippen molar-refractivity contribution in [2.24, 2.45) is 0 Å². The molecule has 0 saturated carbocycles. The molecule has 1 aromatic heterocycles. The molecule has 0 bridgehead atoms. The molecule has 3 atom stereocenters. The van der Waals surface area contributed by atoms with Gasteiger partial charge in [0.25, 0.3) is 0 Å². The monoisotopic (exact) mass is 446 g/mol. The Bertz CT molecular complexity index is 1170. The maximum Gasteiger partial charge on any atom is 0.322 e. The third kappa shape index (κ3) is 3.82. The second-order valence-corrected chi connectivity index (χ2v) is 8.30. The quantitative estimate of drug-likeness (QED) is 0.645. The predicted octanol–water partition coefficient (Wildman–Crippen LogP) is 3.09. The average molecular weight is 446 g/mol. The summed E-state index contributed by atoms with van der Waals surface area (Å²) in [6.07, 6.45) is 3.52. The van der Waals surface area contributed by atoms with E-state index in [-0.39, 0.29) is 42.7 Å². The second kappa shape index (κ2) is 8.63. The topological polar surface area (TPSA) is 85.8 Å². The Balaban J connectivity index is 1.35. The number of fused-ring (bicyclic) bond motifs is 1. The number of carbonyl (C=O) groups excluding carboxylic acids is 2. The van der Waals surface area contributed by atoms with Crippen LogP contribution >= 0.6 is 0 Å². The number of anilines is 1. The molecule has 2 aliphatic heterocycles. The molecule has 0 spiro atoms. The van der Waals surface area contributed by atoms with Gasteiger partial charge in [0.05, 0.1) is 24.4 Å². The number of amides is 3. The highest BCUT2D eigenvalue weighted by molar-refractivity contribution is 5.94. The maximum absolute atomic E-state index is 13.9. The minimum Gasteiger partial charge on any atom is -0.394 e. The summed E-state index contributed by atoms with van der Waals surface area (Å²) >= 11 is 0. The number of benzene rings is 2. The third-order valence-electron chi connectivity index (χ3n) is 6.45. The number of hydrogen-bond donors (Lipinski definition) is 2. The van der Waals surface area contributed by atoms with Crippen LogP contribution in [0.25, 0.3) is 11.1 Å². The van der Waals surface area contributed by atoms with Crippen LogP contribution in [0, 0.1) is 5.82 Å². The van der Waals surface area contributed by atoms with E-state index in [2.05, 4.69) is 10.3 Å². The molecule has 8 heteroatoms. The Kier molecular flexibility index (Phi) is 5.51. The third-order valence-corrected chi connectivity index (χ3v) is 6.45. The molecule has 33 heavy (non-hydrogen) atoms. The molecule has 3 heterocycles. The summed E-state index contributed by atoms with van der Waals surface area (Å²) in [5.74, 6) is -0.866. The van der Waals surface area contributed by atoms with Gasteiger partial charge in [0, 0.05) is 24.9 Å². The van der Waals surface area contributed by atoms with Crippen LogP contribution in [-0.2, 0) is 4.79 Å². The van der Waals surface area contributed by atoms with Gasteiger partial charge in [-0.3, -0.25) is 9.78 Å². The number of nitrogens with zero attached hydrogens (tertiary/aromatic N) is 3. The highest BCUT2D eigenvalue weighted by Crippen LogP contribution is 2.43. The molecule has 7 nitrogen and oxygen atoms in total. The minimum absolute atomic E-state index is 0.0711. The van der Waals surface area contributed by atoms with Gasteiger partial charge in [-0.2, -0.15) is 0 Å². The summed E-state index contributed by atoms with van der Waals surface area (Å²) in [4.78, 5) is 32.8. The number of aromatic nitrogens is 1. The molecule has 2 saturated heterocycles. The van der Waals surface area contributed by atoms with Crippen molar-refractivity contribution in [3.63, 3.8) is 0 Å². The number of pyridine rings is 1. The van der Waals surface area contributed by atoms with Crippen LogP contribution in [0.5, 0.6) is 0 Å². The summed E-state index contributed by atoms with van der Waals surface area (Å²) in [5.41, 5.74) is 3.09. The van der Waals surface area contributed by atoms with Crippen LogP contribution in [0.4, 0.5) is 14.9 Å². The first-order chi connectivity index (χ1) is 16.1. The zero-order chi connectivity index (χ0) is 22.9. The van der Waals surface area contributed by atoms with Gasteiger partial charge in [0.2, 0.25) is 5.91 Å². The van der Waals surface area contributed by atoms with Crippen molar-refractivity contribution in [2.75, 3.05) is 25.0 Å². The Morgan fingerprint density at radius 3 is 2.58 bits per heavy atom. The van der Waals surface area contributed by atoms with Crippen molar-refractivity contribution in [2.45, 2.75) is 18.0 Å². The van der Waals surface area contributed by atoms with Crippen LogP contribution in [0.1, 0.15) is 11.5 Å². The lowest BCUT2D eigenvalue weighted by Gasteiger charge is -2.58. The first-order valence-corrected chi connectivity index (χ1v) is 10.8. The molecule has 2 aromatic carbocycles. The summed E-state index contributed by atoms with van der Waals surface area (Å²) in [5, 5.41) is 12.5. The number of piperazine rings is 1. The molecule has 3 aromatic rings. The molecular weight excluding hydrogens is 423 g/mol. The number of rotatable bonds is 4. The van der Waals surface area contributed by atoms with Crippen LogP contribution in [0.15, 0.2) is 73.1 Å². The van der Waals surface area contributed by atoms with E-state index in [0.29, 0.717) is 6.54 Å². The van der Waals surface area contributed by atoms with Crippen molar-refractivity contribution >= 4 is 17.6 Å². The SMILES string of the molecule is O=C(Nc1ccccc1F)N1CC(=O)N2[C@H](CO)[C@@H](c3ccc(-c4cccnc4)cc3)[C@@H]2C1. The van der Waals surface area contributed by atoms with E-state index in [1.165, 1.54) is 17.0 Å². The van der Waals surface area contributed by atoms with Gasteiger partial charge in [-0.25, -0.2) is 9.18 Å². The number of aliphatic hydroxyl groups excluding tert-OH is 1. The molecule has 2 fully saturated rings. The zero-order valence-electron chi connectivity index (χ0n) is 17.8. The zero-order valence-corrected chi connectivity index (χ0v) is 17.8. The van der Waals surface area contributed by atoms with Gasteiger partial charge in [-0.15, -0.1) is 0 Å². The highest BCUT2D eigenvalue weighted by Gasteiger charge is 2.54. The van der Waals surface area contributed by atoms with E-state index in [1.807, 2.05) is 36.4 Å². The molecule has 0 unspecified atom stereocenters. The number of hydrogen-bond acceptors (Lipinski definition) is 4. The van der Waals surface area contributed by atoms with E-state index in [4.69, 9.17) is 0 Å². The first-order valence-electron chi connectivity index (χ1n) is 10.8. The van der Waals surface area contributed by atoms with Crippen molar-refractivity contribution in [3.05, 3.63) is 84.4 Å². The predicted molar refractivity (Wildman–Crippen MR) is 121 cm³/mol. The maximum atomic E-state index is 13.9. The Morgan fingerprint density at radius 1 is 1.09 bits per heavy atom. The number of halogens is 1. The molecule has 2 aliphatic rings. The molecule has 5 rings (SSSR count). The number of para-hydroxylation sites is 1. The lowest BCUT2D eigenvalue weighted by atomic mass is 9.73. The van der Waals surface area contributed by atoms with E-state index < -0.39 is 11.8 Å². The second-order valence-electron chi connectivity index (χ2n) is 8.30. The Morgan fingerprint density at radius 2 is 1.88 bits per heavy atom. The lowest BCUT2D eigenvalue weighted by molar-refractivity contribution is -0.159. The molecule has 3 amide bonds. The highest BCUT2D eigenvalue weighted by atomic mass is 19.1. The Labute approximate surface area is 190 Å². The smallest absolute Gasteiger partial charge is 0.322 e. The van der Waals surface area contributed by atoms with Crippen molar-refractivity contribution in [1.82, 2.24) is 14.8 Å². The van der Waals surface area contributed by atoms with E-state index in [0.717, 1.165) is 16.7 Å². The fourth-order valence-electron chi connectivity index (χ4n) is 4.84. The summed E-state index contributed by atoms with van der Waals surface area (Å²) in [6, 6.07) is 16.7. The molecule has 0 radical (unpaired) electrons. The van der Waals surface area contributed by atoms with Crippen molar-refractivity contribution in [1.29, 1.82) is 0 Å². The van der Waals surface area contributed by atoms with Gasteiger partial charge in [-0.1, -0.05) is 42.5 Å². The first kappa shape index (κ1) is 21.1. The van der Waals surface area contributed by atoms with Crippen LogP contribution < -0.4 is 5.32 Å². The normalized spacial score (nSPS) is 21.9. The number of carbonyl (C=O) groups is 2. The van der Waals surface area contributed by atoms with Gasteiger partial charge in [-0.05, 0) is 34.9 Å². The lowest BCUT2D eigenvalue weighted by Crippen LogP contribution is -2.73. The summed E-state index contributed by atoms with van der Waals surface area (Å²) in [7, 11) is 0. The van der Waals surface area contributed by atoms with Crippen LogP contribution in [0.2, 0.25) is 0 Å². The minimum atomic E-state index is -0.536. The van der Waals surface area contributed by atoms with Gasteiger partial charge >= 0.3 is 6.03 Å². The molecular formula is C25H23FN4O3. The van der Waals surface area contributed by atoms with Gasteiger partial charge in [0.1, 0.15) is 12.4 Å². The standard InChI is InChI=1S/C25H23FN4O3/c26-19-5-1-2-6-20(19)28-25(33)29-13-21-24(22(15-31)30(21)23(32)14-29)17-9-7-16(8-10-17)18-4-3-11-27-12-18/h1-12,21-22,24,31H,13-15H2,(H,28,33)/t21-,22+,24-/m0/s1. The van der Waals surface area contributed by atoms with E-state index in [1.54, 1.807) is 29.4 Å². The molecule has 168 valence electrons. The number of aliphatic hydroxyl groups is 1. The van der Waals surface area contributed by atoms with E-state index in [9.17, 15) is 19.1 Å². The van der Waals surface area contributed by atoms with Crippen molar-refractivity contribution < 1.29 is 19.1 Å². The number of urea groups is 1. The van der Waals surface area contributed by atoms with Crippen molar-refractivity contribution in [3.8, 4) is 11.1 Å². The molecule has 2 N–H and O–H groups in total. The summed E-state index contributed by atoms with van der Waals surface area (Å²) in [6.45, 7) is 0.0379. The average Bonchev–Trinajstić information content (AvgIpc) is 2.82. The van der Waals surface area contributed by atoms with Gasteiger partial charge in [0.15, 0.2) is 0 Å². The fourth-order valence-corrected chi connectivity index (χ4v) is 4.84. The molecule has 0 aliphatic carbocycles. The van der Waals surface area contributed by atoms with Crippen LogP contribution in [0.3, 0.4) is 0 Å². The summed E-state index contributed by atoms with van der Waals surface area (Å²) < 4.78 is 13.9. The fraction of sp³-hybridized carbons (Fsp3) is 0.240. The van der Waals surface area contributed by atoms with Crippen LogP contribution in [-0.4, -0.2) is 63.6 Å². The number of nitrogens with one attached hydrogen (secondary N) is 1. The largest absolute Gasteiger partial charge is 0.394 e. The Hall–Kier alpha value is -3.78.